The molecule has 0 saturated heterocycles. The summed E-state index contributed by atoms with van der Waals surface area (Å²) in [5.41, 5.74) is 0.287. The summed E-state index contributed by atoms with van der Waals surface area (Å²) < 4.78 is 17.7. The van der Waals surface area contributed by atoms with Gasteiger partial charge >= 0.3 is 0 Å². The molecule has 1 rings (SSSR count). The summed E-state index contributed by atoms with van der Waals surface area (Å²) in [6, 6.07) is 6.99. The number of aliphatic hydroxyl groups excluding tert-OH is 1. The SMILES string of the molecule is N#C/C(=C/NCCOCCO)C(=O)Nc1ccc(F)cc1. The lowest BCUT2D eigenvalue weighted by Gasteiger charge is -2.05. The van der Waals surface area contributed by atoms with Crippen LogP contribution in [-0.4, -0.2) is 37.4 Å². The molecule has 1 aromatic carbocycles. The summed E-state index contributed by atoms with van der Waals surface area (Å²) in [5, 5.41) is 22.7. The van der Waals surface area contributed by atoms with Crippen molar-refractivity contribution < 1.29 is 19.0 Å². The smallest absolute Gasteiger partial charge is 0.267 e. The summed E-state index contributed by atoms with van der Waals surface area (Å²) in [7, 11) is 0. The van der Waals surface area contributed by atoms with Crippen molar-refractivity contribution in [2.24, 2.45) is 0 Å². The fraction of sp³-hybridized carbons (Fsp3) is 0.286. The first kappa shape index (κ1) is 16.6. The number of rotatable bonds is 8. The van der Waals surface area contributed by atoms with Gasteiger partial charge in [0.2, 0.25) is 0 Å². The number of hydrogen-bond acceptors (Lipinski definition) is 5. The number of anilines is 1. The Morgan fingerprint density at radius 3 is 2.71 bits per heavy atom. The van der Waals surface area contributed by atoms with Crippen LogP contribution in [-0.2, 0) is 9.53 Å². The minimum Gasteiger partial charge on any atom is -0.394 e. The van der Waals surface area contributed by atoms with Gasteiger partial charge in [-0.2, -0.15) is 5.26 Å². The lowest BCUT2D eigenvalue weighted by atomic mass is 10.2. The third-order valence-electron chi connectivity index (χ3n) is 2.34. The van der Waals surface area contributed by atoms with E-state index in [0.717, 1.165) is 0 Å². The first-order chi connectivity index (χ1) is 10.2. The summed E-state index contributed by atoms with van der Waals surface area (Å²) in [5.74, 6) is -0.999. The molecule has 1 amide bonds. The minimum atomic E-state index is -0.590. The number of ether oxygens (including phenoxy) is 1. The van der Waals surface area contributed by atoms with Crippen molar-refractivity contribution in [2.75, 3.05) is 31.7 Å². The highest BCUT2D eigenvalue weighted by atomic mass is 19.1. The number of halogens is 1. The molecule has 0 fully saturated rings. The van der Waals surface area contributed by atoms with Crippen molar-refractivity contribution in [3.05, 3.63) is 41.9 Å². The molecule has 3 N–H and O–H groups in total. The van der Waals surface area contributed by atoms with Crippen molar-refractivity contribution in [2.45, 2.75) is 0 Å². The first-order valence-corrected chi connectivity index (χ1v) is 6.26. The lowest BCUT2D eigenvalue weighted by Crippen LogP contribution is -2.19. The maximum Gasteiger partial charge on any atom is 0.267 e. The van der Waals surface area contributed by atoms with Gasteiger partial charge in [-0.05, 0) is 24.3 Å². The normalized spacial score (nSPS) is 10.8. The van der Waals surface area contributed by atoms with E-state index in [0.29, 0.717) is 18.8 Å². The van der Waals surface area contributed by atoms with Crippen LogP contribution in [0.5, 0.6) is 0 Å². The predicted octanol–water partition coefficient (Wildman–Crippen LogP) is 0.770. The fourth-order valence-corrected chi connectivity index (χ4v) is 1.35. The summed E-state index contributed by atoms with van der Waals surface area (Å²) in [4.78, 5) is 11.8. The second kappa shape index (κ2) is 9.47. The molecular formula is C14H16FN3O3. The maximum atomic E-state index is 12.7. The Labute approximate surface area is 121 Å². The number of carbonyl (C=O) groups excluding carboxylic acids is 1. The molecule has 1 aromatic rings. The van der Waals surface area contributed by atoms with Gasteiger partial charge < -0.3 is 20.5 Å². The van der Waals surface area contributed by atoms with E-state index in [-0.39, 0.29) is 18.8 Å². The molecule has 0 bridgehead atoms. The third-order valence-corrected chi connectivity index (χ3v) is 2.34. The molecule has 0 heterocycles. The van der Waals surface area contributed by atoms with Gasteiger partial charge in [0, 0.05) is 18.4 Å². The van der Waals surface area contributed by atoms with Gasteiger partial charge in [-0.25, -0.2) is 4.39 Å². The third kappa shape index (κ3) is 6.51. The molecule has 0 aliphatic carbocycles. The van der Waals surface area contributed by atoms with Crippen molar-refractivity contribution in [1.29, 1.82) is 5.26 Å². The molecule has 0 unspecified atom stereocenters. The van der Waals surface area contributed by atoms with Crippen LogP contribution in [0, 0.1) is 17.1 Å². The van der Waals surface area contributed by atoms with Crippen LogP contribution in [0.4, 0.5) is 10.1 Å². The Morgan fingerprint density at radius 1 is 1.38 bits per heavy atom. The van der Waals surface area contributed by atoms with E-state index in [9.17, 15) is 9.18 Å². The van der Waals surface area contributed by atoms with E-state index in [1.807, 2.05) is 0 Å². The van der Waals surface area contributed by atoms with Crippen LogP contribution in [0.15, 0.2) is 36.0 Å². The number of hydrogen-bond donors (Lipinski definition) is 3. The van der Waals surface area contributed by atoms with Gasteiger partial charge in [0.1, 0.15) is 17.5 Å². The molecule has 21 heavy (non-hydrogen) atoms. The number of aliphatic hydroxyl groups is 1. The van der Waals surface area contributed by atoms with Crippen LogP contribution < -0.4 is 10.6 Å². The first-order valence-electron chi connectivity index (χ1n) is 6.26. The average molecular weight is 293 g/mol. The van der Waals surface area contributed by atoms with Crippen molar-refractivity contribution >= 4 is 11.6 Å². The summed E-state index contributed by atoms with van der Waals surface area (Å²) >= 11 is 0. The van der Waals surface area contributed by atoms with Crippen LogP contribution in [0.25, 0.3) is 0 Å². The van der Waals surface area contributed by atoms with Crippen molar-refractivity contribution in [3.8, 4) is 6.07 Å². The van der Waals surface area contributed by atoms with E-state index >= 15 is 0 Å². The highest BCUT2D eigenvalue weighted by molar-refractivity contribution is 6.06. The highest BCUT2D eigenvalue weighted by Crippen LogP contribution is 2.09. The number of nitrogens with zero attached hydrogens (tertiary/aromatic N) is 1. The van der Waals surface area contributed by atoms with E-state index in [4.69, 9.17) is 15.1 Å². The summed E-state index contributed by atoms with van der Waals surface area (Å²) in [6.45, 7) is 0.922. The van der Waals surface area contributed by atoms with E-state index in [1.54, 1.807) is 6.07 Å². The fourth-order valence-electron chi connectivity index (χ4n) is 1.35. The molecule has 112 valence electrons. The second-order valence-electron chi connectivity index (χ2n) is 3.92. The molecule has 0 saturated carbocycles. The van der Waals surface area contributed by atoms with Crippen LogP contribution in [0.3, 0.4) is 0 Å². The number of nitrogens with one attached hydrogen (secondary N) is 2. The Kier molecular flexibility index (Phi) is 7.50. The molecule has 0 aliphatic heterocycles. The van der Waals surface area contributed by atoms with E-state index in [2.05, 4.69) is 10.6 Å². The lowest BCUT2D eigenvalue weighted by molar-refractivity contribution is -0.112. The zero-order chi connectivity index (χ0) is 15.5. The van der Waals surface area contributed by atoms with E-state index in [1.165, 1.54) is 30.5 Å². The monoisotopic (exact) mass is 293 g/mol. The van der Waals surface area contributed by atoms with Crippen LogP contribution >= 0.6 is 0 Å². The van der Waals surface area contributed by atoms with Gasteiger partial charge in [0.25, 0.3) is 5.91 Å². The standard InChI is InChI=1S/C14H16FN3O3/c15-12-1-3-13(4-2-12)18-14(20)11(9-16)10-17-5-7-21-8-6-19/h1-4,10,17,19H,5-8H2,(H,18,20)/b11-10-. The van der Waals surface area contributed by atoms with Crippen LogP contribution in [0.1, 0.15) is 0 Å². The summed E-state index contributed by atoms with van der Waals surface area (Å²) in [6.07, 6.45) is 1.28. The van der Waals surface area contributed by atoms with Gasteiger partial charge in [-0.3, -0.25) is 4.79 Å². The molecule has 0 aromatic heterocycles. The zero-order valence-electron chi connectivity index (χ0n) is 11.3. The number of nitriles is 1. The topological polar surface area (TPSA) is 94.4 Å². The van der Waals surface area contributed by atoms with Crippen molar-refractivity contribution in [3.63, 3.8) is 0 Å². The molecular weight excluding hydrogens is 277 g/mol. The van der Waals surface area contributed by atoms with Gasteiger partial charge in [0.05, 0.1) is 19.8 Å². The highest BCUT2D eigenvalue weighted by Gasteiger charge is 2.08. The molecule has 6 nitrogen and oxygen atoms in total. The minimum absolute atomic E-state index is 0.0562. The molecule has 0 aliphatic rings. The number of carbonyl (C=O) groups is 1. The number of benzene rings is 1. The number of amides is 1. The molecule has 7 heteroatoms. The average Bonchev–Trinajstić information content (AvgIpc) is 2.49. The van der Waals surface area contributed by atoms with Gasteiger partial charge in [-0.1, -0.05) is 0 Å². The quantitative estimate of drug-likeness (QED) is 0.374. The Balaban J connectivity index is 2.45. The predicted molar refractivity (Wildman–Crippen MR) is 74.6 cm³/mol. The second-order valence-corrected chi connectivity index (χ2v) is 3.92. The van der Waals surface area contributed by atoms with Crippen molar-refractivity contribution in [1.82, 2.24) is 5.32 Å². The Hall–Kier alpha value is -2.43. The van der Waals surface area contributed by atoms with Gasteiger partial charge in [-0.15, -0.1) is 0 Å². The van der Waals surface area contributed by atoms with E-state index < -0.39 is 11.7 Å². The van der Waals surface area contributed by atoms with Gasteiger partial charge in [0.15, 0.2) is 0 Å². The zero-order valence-corrected chi connectivity index (χ0v) is 11.3. The molecule has 0 atom stereocenters. The Morgan fingerprint density at radius 2 is 2.10 bits per heavy atom. The largest absolute Gasteiger partial charge is 0.394 e. The molecule has 0 spiro atoms. The maximum absolute atomic E-state index is 12.7. The van der Waals surface area contributed by atoms with Crippen LogP contribution in [0.2, 0.25) is 0 Å². The molecule has 0 radical (unpaired) electrons. The Bertz CT molecular complexity index is 523.